The second-order valence-electron chi connectivity index (χ2n) is 32.4. The predicted molar refractivity (Wildman–Crippen MR) is 428 cm³/mol. The van der Waals surface area contributed by atoms with Crippen molar-refractivity contribution in [3.8, 4) is 62.9 Å². The first-order chi connectivity index (χ1) is 57.4. The summed E-state index contributed by atoms with van der Waals surface area (Å²) in [5, 5.41) is 127. The molecular formula is C85H100ClN11O23. The lowest BCUT2D eigenvalue weighted by Crippen LogP contribution is -2.60. The van der Waals surface area contributed by atoms with E-state index < -0.39 is 179 Å². The van der Waals surface area contributed by atoms with Crippen molar-refractivity contribution in [1.29, 1.82) is 0 Å². The number of aromatic hydroxyl groups is 2. The fraction of sp³-hybridized carbons (Fsp3) is 0.471. The van der Waals surface area contributed by atoms with E-state index in [0.29, 0.717) is 38.0 Å². The number of hydrogen-bond acceptors (Lipinski definition) is 26. The number of phenols is 2. The maximum absolute atomic E-state index is 16.6. The second kappa shape index (κ2) is 36.3. The van der Waals surface area contributed by atoms with Gasteiger partial charge in [-0.2, -0.15) is 0 Å². The number of aryl methyl sites for hydroxylation is 1. The predicted octanol–water partition coefficient (Wildman–Crippen LogP) is 3.18. The molecule has 19 N–H and O–H groups in total. The highest BCUT2D eigenvalue weighted by atomic mass is 35.5. The molecule has 0 radical (unpaired) electrons. The average Bonchev–Trinajstić information content (AvgIpc) is 0.745. The number of benzene rings is 6. The number of hydrogen-bond donors (Lipinski definition) is 19. The maximum atomic E-state index is 16.6. The topological polar surface area (TPSA) is 503 Å². The first kappa shape index (κ1) is 85.7. The highest BCUT2D eigenvalue weighted by Gasteiger charge is 2.53. The lowest BCUT2D eigenvalue weighted by atomic mass is 9.54. The van der Waals surface area contributed by atoms with Gasteiger partial charge >= 0.3 is 0 Å². The van der Waals surface area contributed by atoms with Crippen LogP contribution in [0.1, 0.15) is 158 Å². The number of phenolic OH excluding ortho intramolecular Hbond substituents is 2. The molecule has 6 aromatic carbocycles. The van der Waals surface area contributed by atoms with Crippen LogP contribution in [0.3, 0.4) is 0 Å². The number of likely N-dealkylation sites (N-methyl/N-ethyl adjacent to an activating group) is 3. The summed E-state index contributed by atoms with van der Waals surface area (Å²) >= 11 is 7.21. The van der Waals surface area contributed by atoms with Crippen molar-refractivity contribution < 1.29 is 112 Å². The van der Waals surface area contributed by atoms with Gasteiger partial charge in [0, 0.05) is 41.9 Å². The molecule has 120 heavy (non-hydrogen) atoms. The highest BCUT2D eigenvalue weighted by molar-refractivity contribution is 6.32. The summed E-state index contributed by atoms with van der Waals surface area (Å²) in [7, 11) is 1.47. The van der Waals surface area contributed by atoms with Gasteiger partial charge in [0.05, 0.1) is 17.5 Å². The summed E-state index contributed by atoms with van der Waals surface area (Å²) in [4.78, 5) is 140. The quantitative estimate of drug-likeness (QED) is 0.0488. The third-order valence-electron chi connectivity index (χ3n) is 23.6. The van der Waals surface area contributed by atoms with Crippen LogP contribution in [-0.4, -0.2) is 201 Å². The van der Waals surface area contributed by atoms with Crippen molar-refractivity contribution in [1.82, 2.24) is 58.5 Å². The molecule has 7 heterocycles. The molecule has 4 aliphatic carbocycles. The highest BCUT2D eigenvalue weighted by Crippen LogP contribution is 2.55. The summed E-state index contributed by atoms with van der Waals surface area (Å²) < 4.78 is 38.0. The molecule has 4 saturated carbocycles. The van der Waals surface area contributed by atoms with E-state index in [1.807, 2.05) is 27.7 Å². The van der Waals surface area contributed by atoms with Gasteiger partial charge in [-0.3, -0.25) is 48.5 Å². The zero-order valence-electron chi connectivity index (χ0n) is 66.6. The zero-order valence-corrected chi connectivity index (χ0v) is 67.4. The SMILES string of the molecule is CCNCCOc1cc(OCCNCC)cc(C(=O)NC(=O)C[C@@H]2NC(=O)[C@H](NC(=O)[C@@H](CC(C)C)NC)[C@H](O)c3ccc4c(c3)C(O)[C@H]3O[C@@H](Oc5c6cc(cc5O4)[C@@H](NC2=O)C(=O)N[C@H]2C(=O)N[C@H](C(=O)N[C@H](C(=O)NC4C5CC7CC(C5)CC4C7)c4cc(O)cc(C)c4-c4cc2ccc4O)[C@H](O)c2ccc(c(Cl)c2)O6)[C@H](O)[C@@H](O)[C@@H]3O)c1. The normalized spacial score (nSPS) is 28.1. The van der Waals surface area contributed by atoms with E-state index in [1.54, 1.807) is 6.92 Å². The summed E-state index contributed by atoms with van der Waals surface area (Å²) in [6, 6.07) is 5.61. The summed E-state index contributed by atoms with van der Waals surface area (Å²) in [5.41, 5.74) is -1.45. The Hall–Kier alpha value is -10.8. The molecule has 1 saturated heterocycles. The maximum Gasteiger partial charge on any atom is 0.258 e. The standard InChI is InChI=1S/C85H100ClN11O23/c1-7-88-15-17-115-48-26-46(27-49(34-48)116-18-16-89-8-2)77(107)91-61(100)35-55-79(109)93-65-45-31-59-75(119-85-74(106)72(104)73(105)76(120-85)71(103)51-29-41(10-13-57(51)117-59)69(101)67(83(113)90-55)96-78(108)54(87-6)19-36(3)4)60(32-45)118-58-14-11-42(30-53(58)86)70(102)68-84(114)95-66(82(112)92-63-43-22-38-21-39(24-43)25-44(63)23-38)52-33-47(98)20-37(5)62(52)50-28-40(9-12-56(50)99)64(80(110)97-68)94-81(65)111/h9-14,20,26-34,36,38-39,43-44,54-55,63-74,76,85,87-89,98-99,101-106H,7-8,15-19,21-25,35H2,1-6H3,(H,90,113)(H,92,112)(H,93,109)(H,94,111)(H,95,114)(H,96,108)(H,97,110)(H,91,100,107)/t38?,39?,43?,44?,54-,55+,63?,64-,65-,66+,67-,68+,69-,70-,71?,72+,73+,74-,76-,85-/m1/s1. The van der Waals surface area contributed by atoms with E-state index in [2.05, 4.69) is 58.5 Å². The minimum atomic E-state index is -2.35. The number of aliphatic hydroxyl groups excluding tert-OH is 6. The van der Waals surface area contributed by atoms with E-state index in [1.165, 1.54) is 85.9 Å². The van der Waals surface area contributed by atoms with Crippen LogP contribution in [0.2, 0.25) is 5.02 Å². The second-order valence-corrected chi connectivity index (χ2v) is 32.8. The monoisotopic (exact) mass is 1680 g/mol. The molecular weight excluding hydrogens is 1580 g/mol. The van der Waals surface area contributed by atoms with Crippen molar-refractivity contribution >= 4 is 64.8 Å². The van der Waals surface area contributed by atoms with Crippen LogP contribution in [0, 0.1) is 36.5 Å². The Morgan fingerprint density at radius 3 is 1.86 bits per heavy atom. The molecule has 9 amide bonds. The lowest BCUT2D eigenvalue weighted by Gasteiger charge is -2.54. The Morgan fingerprint density at radius 2 is 1.22 bits per heavy atom. The molecule has 0 spiro atoms. The largest absolute Gasteiger partial charge is 0.508 e. The van der Waals surface area contributed by atoms with Crippen LogP contribution in [0.15, 0.2) is 97.1 Å². The summed E-state index contributed by atoms with van der Waals surface area (Å²) in [6.45, 7) is 11.3. The molecule has 34 nitrogen and oxygen atoms in total. The van der Waals surface area contributed by atoms with E-state index in [0.717, 1.165) is 50.3 Å². The van der Waals surface area contributed by atoms with Crippen LogP contribution in [0.5, 0.6) is 51.7 Å². The zero-order chi connectivity index (χ0) is 85.4. The van der Waals surface area contributed by atoms with Gasteiger partial charge in [-0.25, -0.2) is 0 Å². The van der Waals surface area contributed by atoms with Gasteiger partial charge < -0.3 is 122 Å². The Labute approximate surface area is 694 Å². The third-order valence-corrected chi connectivity index (χ3v) is 23.9. The molecule has 17 rings (SSSR count). The van der Waals surface area contributed by atoms with Gasteiger partial charge in [0.25, 0.3) is 5.91 Å². The van der Waals surface area contributed by atoms with Crippen LogP contribution < -0.4 is 82.2 Å². The summed E-state index contributed by atoms with van der Waals surface area (Å²) in [5.74, 6) is -12.5. The molecule has 6 aromatic rings. The molecule has 11 aliphatic rings. The van der Waals surface area contributed by atoms with Crippen molar-refractivity contribution in [3.63, 3.8) is 0 Å². The van der Waals surface area contributed by atoms with E-state index in [-0.39, 0.29) is 127 Å². The minimum Gasteiger partial charge on any atom is -0.508 e. The molecule has 15 atom stereocenters. The van der Waals surface area contributed by atoms with Gasteiger partial charge in [-0.05, 0) is 207 Å². The van der Waals surface area contributed by atoms with Crippen LogP contribution in [0.4, 0.5) is 0 Å². The molecule has 7 aliphatic heterocycles. The third kappa shape index (κ3) is 18.2. The number of nitrogens with one attached hydrogen (secondary N) is 11. The van der Waals surface area contributed by atoms with E-state index in [9.17, 15) is 55.2 Å². The van der Waals surface area contributed by atoms with Crippen molar-refractivity contribution in [2.75, 3.05) is 46.4 Å². The number of rotatable bonds is 20. The Kier molecular flexibility index (Phi) is 25.9. The Morgan fingerprint density at radius 1 is 0.600 bits per heavy atom. The summed E-state index contributed by atoms with van der Waals surface area (Å²) in [6.07, 6.45) is -13.5. The fourth-order valence-corrected chi connectivity index (χ4v) is 18.1. The number of amides is 9. The van der Waals surface area contributed by atoms with Crippen LogP contribution in [0.25, 0.3) is 11.1 Å². The number of carbonyl (C=O) groups excluding carboxylic acids is 9. The van der Waals surface area contributed by atoms with Crippen LogP contribution in [-0.2, 0) is 43.1 Å². The molecule has 35 heteroatoms. The number of imide groups is 1. The van der Waals surface area contributed by atoms with Gasteiger partial charge in [0.1, 0.15) is 127 Å². The Bertz CT molecular complexity index is 4900. The molecule has 1 unspecified atom stereocenters. The van der Waals surface area contributed by atoms with Crippen molar-refractivity contribution in [2.45, 2.75) is 177 Å². The lowest BCUT2D eigenvalue weighted by molar-refractivity contribution is -0.290. The fourth-order valence-electron chi connectivity index (χ4n) is 17.9. The average molecular weight is 1680 g/mol. The minimum absolute atomic E-state index is 0.0419. The van der Waals surface area contributed by atoms with Gasteiger partial charge in [-0.1, -0.05) is 57.5 Å². The molecule has 18 bridgehead atoms. The molecule has 640 valence electrons. The number of carbonyl (C=O) groups is 9. The smallest absolute Gasteiger partial charge is 0.258 e. The number of ether oxygens (including phenoxy) is 6. The molecule has 0 aromatic heterocycles. The Balaban J connectivity index is 0.945. The van der Waals surface area contributed by atoms with Gasteiger partial charge in [0.2, 0.25) is 59.3 Å². The van der Waals surface area contributed by atoms with E-state index >= 15 is 28.8 Å². The van der Waals surface area contributed by atoms with Crippen molar-refractivity contribution in [2.24, 2.45) is 29.6 Å². The number of fused-ring (bicyclic) bond motifs is 16. The van der Waals surface area contributed by atoms with Crippen LogP contribution >= 0.6 is 11.6 Å². The van der Waals surface area contributed by atoms with Crippen molar-refractivity contribution in [3.05, 3.63) is 147 Å². The number of halogens is 1. The molecule has 5 fully saturated rings. The first-order valence-electron chi connectivity index (χ1n) is 40.4. The van der Waals surface area contributed by atoms with Gasteiger partial charge in [0.15, 0.2) is 11.5 Å². The van der Waals surface area contributed by atoms with Gasteiger partial charge in [-0.15, -0.1) is 0 Å². The first-order valence-corrected chi connectivity index (χ1v) is 40.8. The van der Waals surface area contributed by atoms with E-state index in [4.69, 9.17) is 40.0 Å². The number of aliphatic hydroxyl groups is 6.